The minimum Gasteiger partial charge on any atom is -0.425 e. The smallest absolute Gasteiger partial charge is 0.304 e. The number of carbonyl (C=O) groups excluding carboxylic acids is 4. The number of guanidine groups is 1. The van der Waals surface area contributed by atoms with Crippen molar-refractivity contribution in [2.45, 2.75) is 82.7 Å². The molecule has 17 heteroatoms. The topological polar surface area (TPSA) is 199 Å². The zero-order valence-corrected chi connectivity index (χ0v) is 34.2. The summed E-state index contributed by atoms with van der Waals surface area (Å²) in [6.07, 6.45) is 13.0. The lowest BCUT2D eigenvalue weighted by Crippen LogP contribution is -2.52. The third-order valence-corrected chi connectivity index (χ3v) is 10.8. The van der Waals surface area contributed by atoms with Crippen molar-refractivity contribution in [3.8, 4) is 18.1 Å². The molecule has 4 saturated heterocycles. The highest BCUT2D eigenvalue weighted by Gasteiger charge is 2.32. The van der Waals surface area contributed by atoms with Crippen LogP contribution in [0.25, 0.3) is 0 Å². The summed E-state index contributed by atoms with van der Waals surface area (Å²) in [6, 6.07) is 15.3. The number of likely N-dealkylation sites (tertiary alicyclic amines) is 4. The second-order valence-corrected chi connectivity index (χ2v) is 15.3. The summed E-state index contributed by atoms with van der Waals surface area (Å²) in [5.41, 5.74) is 1.05. The average Bonchev–Trinajstić information content (AvgIpc) is 3.93. The Balaban J connectivity index is 0.000000225. The van der Waals surface area contributed by atoms with Crippen LogP contribution in [0.15, 0.2) is 64.6 Å². The number of benzene rings is 2. The van der Waals surface area contributed by atoms with Crippen LogP contribution in [0.3, 0.4) is 0 Å². The van der Waals surface area contributed by atoms with E-state index in [1.807, 2.05) is 58.5 Å². The molecule has 0 aliphatic carbocycles. The Hall–Kier alpha value is -5.87. The Bertz CT molecular complexity index is 1870. The van der Waals surface area contributed by atoms with E-state index in [0.717, 1.165) is 83.1 Å². The number of nitriles is 2. The molecule has 0 saturated carbocycles. The number of aliphatic imine (C=N–C) groups is 2. The summed E-state index contributed by atoms with van der Waals surface area (Å²) in [7, 11) is 0. The molecule has 4 heterocycles. The van der Waals surface area contributed by atoms with Gasteiger partial charge in [0.05, 0.1) is 13.1 Å². The van der Waals surface area contributed by atoms with Gasteiger partial charge in [-0.3, -0.25) is 29.5 Å². The van der Waals surface area contributed by atoms with E-state index >= 15 is 0 Å². The van der Waals surface area contributed by atoms with Crippen LogP contribution in [0.4, 0.5) is 0 Å². The summed E-state index contributed by atoms with van der Waals surface area (Å²) in [5.74, 6) is 0.483. The molecule has 2 aromatic carbocycles. The van der Waals surface area contributed by atoms with Crippen molar-refractivity contribution in [1.82, 2.24) is 35.6 Å². The zero-order chi connectivity index (χ0) is 41.8. The molecule has 2 atom stereocenters. The number of hydrogen-bond donors (Lipinski definition) is 3. The first kappa shape index (κ1) is 44.2. The second kappa shape index (κ2) is 23.5. The van der Waals surface area contributed by atoms with Gasteiger partial charge in [-0.1, -0.05) is 41.9 Å². The maximum atomic E-state index is 13.1. The Morgan fingerprint density at radius 1 is 0.746 bits per heavy atom. The van der Waals surface area contributed by atoms with Gasteiger partial charge < -0.3 is 29.7 Å². The number of amides is 4. The van der Waals surface area contributed by atoms with Crippen molar-refractivity contribution in [3.05, 3.63) is 65.2 Å². The van der Waals surface area contributed by atoms with Gasteiger partial charge in [0.15, 0.2) is 12.4 Å². The number of para-hydroxylation sites is 1. The van der Waals surface area contributed by atoms with Gasteiger partial charge >= 0.3 is 6.02 Å². The normalized spacial score (nSPS) is 20.1. The van der Waals surface area contributed by atoms with Crippen molar-refractivity contribution >= 4 is 47.2 Å². The predicted molar refractivity (Wildman–Crippen MR) is 223 cm³/mol. The third kappa shape index (κ3) is 14.2. The summed E-state index contributed by atoms with van der Waals surface area (Å²) >= 11 is 6.01. The first-order chi connectivity index (χ1) is 28.7. The van der Waals surface area contributed by atoms with Gasteiger partial charge in [-0.15, -0.1) is 0 Å². The summed E-state index contributed by atoms with van der Waals surface area (Å²) in [5, 5.41) is 26.8. The monoisotopic (exact) mass is 827 g/mol. The molecule has 3 N–H and O–H groups in total. The highest BCUT2D eigenvalue weighted by atomic mass is 35.5. The van der Waals surface area contributed by atoms with Crippen molar-refractivity contribution in [2.24, 2.45) is 9.98 Å². The second-order valence-electron chi connectivity index (χ2n) is 14.8. The van der Waals surface area contributed by atoms with Crippen molar-refractivity contribution in [2.75, 3.05) is 58.9 Å². The lowest BCUT2D eigenvalue weighted by Gasteiger charge is -2.27. The Morgan fingerprint density at radius 2 is 1.34 bits per heavy atom. The Morgan fingerprint density at radius 3 is 1.95 bits per heavy atom. The van der Waals surface area contributed by atoms with E-state index in [-0.39, 0.29) is 48.7 Å². The van der Waals surface area contributed by atoms with E-state index in [2.05, 4.69) is 25.9 Å². The van der Waals surface area contributed by atoms with E-state index < -0.39 is 12.1 Å². The fraction of sp³-hybridized carbons (Fsp3) is 0.524. The number of rotatable bonds is 10. The van der Waals surface area contributed by atoms with Gasteiger partial charge in [0.25, 0.3) is 0 Å². The predicted octanol–water partition coefficient (Wildman–Crippen LogP) is 3.40. The molecule has 2 aromatic rings. The molecular formula is C42H54ClN11O5. The summed E-state index contributed by atoms with van der Waals surface area (Å²) in [6.45, 7) is 4.85. The number of nitrogens with zero attached hydrogens (tertiary/aromatic N) is 8. The quantitative estimate of drug-likeness (QED) is 0.138. The van der Waals surface area contributed by atoms with Gasteiger partial charge in [-0.25, -0.2) is 10.3 Å². The molecule has 59 heavy (non-hydrogen) atoms. The average molecular weight is 828 g/mol. The first-order valence-electron chi connectivity index (χ1n) is 20.5. The number of nitrogens with one attached hydrogen (secondary N) is 3. The van der Waals surface area contributed by atoms with Gasteiger partial charge in [-0.05, 0) is 100 Å². The van der Waals surface area contributed by atoms with E-state index in [0.29, 0.717) is 49.7 Å². The molecule has 0 spiro atoms. The number of amidine groups is 1. The minimum absolute atomic E-state index is 0.00797. The molecule has 4 aliphatic rings. The van der Waals surface area contributed by atoms with Crippen LogP contribution in [-0.2, 0) is 25.6 Å². The van der Waals surface area contributed by atoms with Crippen molar-refractivity contribution in [3.63, 3.8) is 0 Å². The van der Waals surface area contributed by atoms with Crippen molar-refractivity contribution < 1.29 is 23.9 Å². The number of hydrogen-bond acceptors (Lipinski definition) is 9. The molecule has 0 radical (unpaired) electrons. The van der Waals surface area contributed by atoms with Crippen LogP contribution in [0.1, 0.15) is 69.8 Å². The lowest BCUT2D eigenvalue weighted by atomic mass is 10.1. The number of carbonyl (C=O) groups is 4. The molecule has 0 bridgehead atoms. The van der Waals surface area contributed by atoms with Crippen LogP contribution in [-0.4, -0.2) is 126 Å². The summed E-state index contributed by atoms with van der Waals surface area (Å²) < 4.78 is 5.61. The molecular weight excluding hydrogens is 774 g/mol. The van der Waals surface area contributed by atoms with E-state index in [9.17, 15) is 19.2 Å². The van der Waals surface area contributed by atoms with E-state index in [4.69, 9.17) is 26.9 Å². The van der Waals surface area contributed by atoms with Crippen LogP contribution in [0.5, 0.6) is 5.75 Å². The van der Waals surface area contributed by atoms with Gasteiger partial charge in [0.1, 0.15) is 17.8 Å². The molecule has 314 valence electrons. The lowest BCUT2D eigenvalue weighted by molar-refractivity contribution is -0.140. The third-order valence-electron chi connectivity index (χ3n) is 10.5. The maximum Gasteiger partial charge on any atom is 0.304 e. The van der Waals surface area contributed by atoms with Crippen molar-refractivity contribution in [1.29, 1.82) is 10.5 Å². The fourth-order valence-corrected chi connectivity index (χ4v) is 7.63. The SMILES string of the molecule is N#CNC(=NC1CCCCN(CC(=O)N2CCCC2)C1=O)Oc1ccccc1.N#CNC(=NCCc1cccc(Cl)c1)NC1CCCCN(CC(=O)N2CCCC2)C1=O. The van der Waals surface area contributed by atoms with E-state index in [1.165, 1.54) is 0 Å². The highest BCUT2D eigenvalue weighted by Crippen LogP contribution is 2.19. The number of ether oxygens (including phenoxy) is 1. The zero-order valence-electron chi connectivity index (χ0n) is 33.5. The Labute approximate surface area is 351 Å². The minimum atomic E-state index is -0.673. The number of halogens is 1. The van der Waals surface area contributed by atoms with Crippen LogP contribution in [0, 0.1) is 22.9 Å². The highest BCUT2D eigenvalue weighted by molar-refractivity contribution is 6.30. The summed E-state index contributed by atoms with van der Waals surface area (Å²) in [4.78, 5) is 66.7. The standard InChI is InChI=1S/C22H29ClN6O2.C20H25N5O3/c23-18-7-5-6-17(14-18)9-10-25-22(26-16-24)27-19-8-1-2-13-29(21(19)31)15-20(30)28-11-3-4-12-28;21-15-22-20(28-16-8-2-1-3-9-16)23-17-10-4-5-13-25(19(17)27)14-18(26)24-11-6-7-12-24/h5-7,14,19H,1-4,8-13,15H2,(H2,25,26,27);1-3,8-9,17H,4-7,10-14H2,(H,22,23). The molecule has 4 amide bonds. The van der Waals surface area contributed by atoms with Crippen LogP contribution < -0.4 is 20.7 Å². The van der Waals surface area contributed by atoms with Gasteiger partial charge in [0.2, 0.25) is 29.6 Å². The van der Waals surface area contributed by atoms with Gasteiger partial charge in [0, 0.05) is 50.8 Å². The molecule has 4 aliphatic heterocycles. The molecule has 0 aromatic heterocycles. The molecule has 4 fully saturated rings. The first-order valence-corrected chi connectivity index (χ1v) is 20.9. The Kier molecular flexibility index (Phi) is 17.6. The fourth-order valence-electron chi connectivity index (χ4n) is 7.42. The largest absolute Gasteiger partial charge is 0.425 e. The molecule has 2 unspecified atom stereocenters. The maximum absolute atomic E-state index is 13.1. The van der Waals surface area contributed by atoms with E-state index in [1.54, 1.807) is 28.1 Å². The molecule has 6 rings (SSSR count). The van der Waals surface area contributed by atoms with Crippen LogP contribution >= 0.6 is 11.6 Å². The van der Waals surface area contributed by atoms with Gasteiger partial charge in [-0.2, -0.15) is 10.5 Å². The van der Waals surface area contributed by atoms with Crippen LogP contribution in [0.2, 0.25) is 5.02 Å². The molecule has 16 nitrogen and oxygen atoms in total.